The van der Waals surface area contributed by atoms with Gasteiger partial charge in [-0.25, -0.2) is 0 Å². The van der Waals surface area contributed by atoms with Gasteiger partial charge in [-0.05, 0) is 36.1 Å². The second-order valence-electron chi connectivity index (χ2n) is 7.65. The number of benzene rings is 3. The van der Waals surface area contributed by atoms with E-state index in [1.54, 1.807) is 42.5 Å². The molecule has 5 nitrogen and oxygen atoms in total. The predicted octanol–water partition coefficient (Wildman–Crippen LogP) is 4.99. The van der Waals surface area contributed by atoms with E-state index < -0.39 is 5.91 Å². The Labute approximate surface area is 181 Å². The zero-order valence-corrected chi connectivity index (χ0v) is 17.5. The van der Waals surface area contributed by atoms with Crippen molar-refractivity contribution in [3.05, 3.63) is 94.5 Å². The number of amides is 1. The van der Waals surface area contributed by atoms with Gasteiger partial charge in [0.2, 0.25) is 0 Å². The minimum absolute atomic E-state index is 0.203. The van der Waals surface area contributed by atoms with Crippen LogP contribution in [0.15, 0.2) is 66.7 Å². The van der Waals surface area contributed by atoms with Crippen LogP contribution in [0, 0.1) is 0 Å². The van der Waals surface area contributed by atoms with Gasteiger partial charge in [-0.15, -0.1) is 0 Å². The summed E-state index contributed by atoms with van der Waals surface area (Å²) in [6.07, 6.45) is 1.05. The summed E-state index contributed by atoms with van der Waals surface area (Å²) in [6.45, 7) is 4.10. The molecule has 3 aromatic carbocycles. The van der Waals surface area contributed by atoms with Crippen molar-refractivity contribution in [2.24, 2.45) is 0 Å². The molecule has 1 aliphatic rings. The maximum Gasteiger partial charge on any atom is 0.262 e. The summed E-state index contributed by atoms with van der Waals surface area (Å²) in [5.74, 6) is 0.157. The van der Waals surface area contributed by atoms with E-state index in [9.17, 15) is 14.4 Å². The van der Waals surface area contributed by atoms with Gasteiger partial charge in [0.05, 0.1) is 11.3 Å². The molecule has 0 radical (unpaired) electrons. The molecule has 0 bridgehead atoms. The van der Waals surface area contributed by atoms with Crippen LogP contribution in [0.3, 0.4) is 0 Å². The van der Waals surface area contributed by atoms with Crippen LogP contribution in [0.1, 0.15) is 63.6 Å². The first-order valence-electron chi connectivity index (χ1n) is 10.3. The SMILES string of the molecule is CC[C@H](C)c1ccc(OCC(=O)Nc2cccc3c2C(=O)c2ccccc2C3=O)cc1. The third kappa shape index (κ3) is 3.99. The summed E-state index contributed by atoms with van der Waals surface area (Å²) >= 11 is 0. The highest BCUT2D eigenvalue weighted by Gasteiger charge is 2.31. The molecule has 156 valence electrons. The molecule has 0 spiro atoms. The van der Waals surface area contributed by atoms with Crippen molar-refractivity contribution >= 4 is 23.2 Å². The Morgan fingerprint density at radius 1 is 0.871 bits per heavy atom. The summed E-state index contributed by atoms with van der Waals surface area (Å²) in [7, 11) is 0. The normalized spacial score (nSPS) is 13.2. The number of nitrogens with one attached hydrogen (secondary N) is 1. The van der Waals surface area contributed by atoms with E-state index in [1.807, 2.05) is 24.3 Å². The number of hydrogen-bond acceptors (Lipinski definition) is 4. The van der Waals surface area contributed by atoms with Crippen molar-refractivity contribution < 1.29 is 19.1 Å². The monoisotopic (exact) mass is 413 g/mol. The minimum atomic E-state index is -0.404. The molecule has 3 aromatic rings. The Morgan fingerprint density at radius 2 is 1.52 bits per heavy atom. The van der Waals surface area contributed by atoms with E-state index in [2.05, 4.69) is 19.2 Å². The number of carbonyl (C=O) groups is 3. The Kier molecular flexibility index (Phi) is 5.67. The average Bonchev–Trinajstić information content (AvgIpc) is 2.81. The van der Waals surface area contributed by atoms with Gasteiger partial charge in [0, 0.05) is 16.7 Å². The van der Waals surface area contributed by atoms with Crippen molar-refractivity contribution in [3.8, 4) is 5.75 Å². The fourth-order valence-electron chi connectivity index (χ4n) is 3.71. The highest BCUT2D eigenvalue weighted by atomic mass is 16.5. The molecular weight excluding hydrogens is 390 g/mol. The molecule has 0 fully saturated rings. The molecular formula is C26H23NO4. The number of hydrogen-bond donors (Lipinski definition) is 1. The molecule has 1 atom stereocenters. The topological polar surface area (TPSA) is 72.5 Å². The molecule has 31 heavy (non-hydrogen) atoms. The maximum atomic E-state index is 13.0. The lowest BCUT2D eigenvalue weighted by atomic mass is 9.83. The fraction of sp³-hybridized carbons (Fsp3) is 0.192. The van der Waals surface area contributed by atoms with Gasteiger partial charge in [-0.1, -0.05) is 62.4 Å². The zero-order valence-electron chi connectivity index (χ0n) is 17.5. The van der Waals surface area contributed by atoms with E-state index in [4.69, 9.17) is 4.74 Å². The Balaban J connectivity index is 1.49. The zero-order chi connectivity index (χ0) is 22.0. The van der Waals surface area contributed by atoms with Gasteiger partial charge in [0.1, 0.15) is 5.75 Å². The highest BCUT2D eigenvalue weighted by Crippen LogP contribution is 2.32. The smallest absolute Gasteiger partial charge is 0.262 e. The van der Waals surface area contributed by atoms with Gasteiger partial charge in [-0.2, -0.15) is 0 Å². The van der Waals surface area contributed by atoms with E-state index in [0.29, 0.717) is 34.0 Å². The first-order chi connectivity index (χ1) is 15.0. The summed E-state index contributed by atoms with van der Waals surface area (Å²) in [5, 5.41) is 2.72. The lowest BCUT2D eigenvalue weighted by Gasteiger charge is -2.20. The van der Waals surface area contributed by atoms with Gasteiger partial charge in [-0.3, -0.25) is 14.4 Å². The number of rotatable bonds is 6. The largest absolute Gasteiger partial charge is 0.484 e. The van der Waals surface area contributed by atoms with Crippen molar-refractivity contribution in [2.45, 2.75) is 26.2 Å². The minimum Gasteiger partial charge on any atom is -0.484 e. The highest BCUT2D eigenvalue weighted by molar-refractivity contribution is 6.30. The average molecular weight is 413 g/mol. The first-order valence-corrected chi connectivity index (χ1v) is 10.3. The molecule has 4 rings (SSSR count). The van der Waals surface area contributed by atoms with E-state index in [-0.39, 0.29) is 23.7 Å². The summed E-state index contributed by atoms with van der Waals surface area (Å²) < 4.78 is 5.59. The molecule has 0 aliphatic heterocycles. The molecule has 0 unspecified atom stereocenters. The van der Waals surface area contributed by atoms with Gasteiger partial charge in [0.25, 0.3) is 5.91 Å². The van der Waals surface area contributed by atoms with E-state index in [1.165, 1.54) is 5.56 Å². The van der Waals surface area contributed by atoms with Crippen molar-refractivity contribution in [2.75, 3.05) is 11.9 Å². The van der Waals surface area contributed by atoms with Crippen LogP contribution in [0.5, 0.6) is 5.75 Å². The van der Waals surface area contributed by atoms with E-state index in [0.717, 1.165) is 6.42 Å². The summed E-state index contributed by atoms with van der Waals surface area (Å²) in [6, 6.07) is 19.3. The number of ether oxygens (including phenoxy) is 1. The van der Waals surface area contributed by atoms with Crippen LogP contribution < -0.4 is 10.1 Å². The van der Waals surface area contributed by atoms with E-state index >= 15 is 0 Å². The van der Waals surface area contributed by atoms with Crippen LogP contribution >= 0.6 is 0 Å². The van der Waals surface area contributed by atoms with Crippen molar-refractivity contribution in [1.29, 1.82) is 0 Å². The lowest BCUT2D eigenvalue weighted by Crippen LogP contribution is -2.25. The first kappa shape index (κ1) is 20.5. The number of fused-ring (bicyclic) bond motifs is 2. The van der Waals surface area contributed by atoms with Crippen molar-refractivity contribution in [3.63, 3.8) is 0 Å². The molecule has 1 N–H and O–H groups in total. The van der Waals surface area contributed by atoms with Crippen LogP contribution in [0.4, 0.5) is 5.69 Å². The second-order valence-corrected chi connectivity index (χ2v) is 7.65. The predicted molar refractivity (Wildman–Crippen MR) is 119 cm³/mol. The number of anilines is 1. The summed E-state index contributed by atoms with van der Waals surface area (Å²) in [4.78, 5) is 38.3. The summed E-state index contributed by atoms with van der Waals surface area (Å²) in [5.41, 5.74) is 2.78. The number of ketones is 2. The van der Waals surface area contributed by atoms with Crippen LogP contribution in [-0.4, -0.2) is 24.1 Å². The van der Waals surface area contributed by atoms with Gasteiger partial charge in [0.15, 0.2) is 18.2 Å². The third-order valence-electron chi connectivity index (χ3n) is 5.66. The fourth-order valence-corrected chi connectivity index (χ4v) is 3.71. The second kappa shape index (κ2) is 8.56. The van der Waals surface area contributed by atoms with Gasteiger partial charge < -0.3 is 10.1 Å². The lowest BCUT2D eigenvalue weighted by molar-refractivity contribution is -0.118. The van der Waals surface area contributed by atoms with Crippen LogP contribution in [0.2, 0.25) is 0 Å². The maximum absolute atomic E-state index is 13.0. The molecule has 0 heterocycles. The number of carbonyl (C=O) groups excluding carboxylic acids is 3. The molecule has 0 saturated heterocycles. The van der Waals surface area contributed by atoms with Crippen LogP contribution in [-0.2, 0) is 4.79 Å². The van der Waals surface area contributed by atoms with Gasteiger partial charge >= 0.3 is 0 Å². The van der Waals surface area contributed by atoms with Crippen LogP contribution in [0.25, 0.3) is 0 Å². The van der Waals surface area contributed by atoms with Crippen molar-refractivity contribution in [1.82, 2.24) is 0 Å². The molecule has 0 saturated carbocycles. The Bertz CT molecular complexity index is 1160. The molecule has 1 amide bonds. The third-order valence-corrected chi connectivity index (χ3v) is 5.66. The Morgan fingerprint density at radius 3 is 2.19 bits per heavy atom. The Hall–Kier alpha value is -3.73. The quantitative estimate of drug-likeness (QED) is 0.483. The standard InChI is InChI=1S/C26H23NO4/c1-3-16(2)17-11-13-18(14-12-17)31-15-23(28)27-22-10-6-9-21-24(22)26(30)20-8-5-4-7-19(20)25(21)29/h4-14,16H,3,15H2,1-2H3,(H,27,28)/t16-/m0/s1. The molecule has 5 heteroatoms. The molecule has 1 aliphatic carbocycles. The molecule has 0 aromatic heterocycles.